The number of carbonyl (C=O) groups excluding carboxylic acids is 1. The van der Waals surface area contributed by atoms with Gasteiger partial charge in [-0.1, -0.05) is 38.1 Å². The number of piperazine rings is 1. The Labute approximate surface area is 183 Å². The number of hydrogen-bond donors (Lipinski definition) is 0. The van der Waals surface area contributed by atoms with Crippen molar-refractivity contribution in [3.63, 3.8) is 0 Å². The van der Waals surface area contributed by atoms with Crippen LogP contribution in [0.2, 0.25) is 0 Å². The van der Waals surface area contributed by atoms with Gasteiger partial charge in [-0.3, -0.25) is 14.3 Å². The molecule has 1 fully saturated rings. The normalized spacial score (nSPS) is 14.7. The van der Waals surface area contributed by atoms with Crippen LogP contribution in [0.1, 0.15) is 52.6 Å². The second-order valence-electron chi connectivity index (χ2n) is 8.38. The molecule has 1 saturated heterocycles. The predicted octanol–water partition coefficient (Wildman–Crippen LogP) is 4.33. The molecule has 0 radical (unpaired) electrons. The first-order chi connectivity index (χ1) is 15.0. The van der Waals surface area contributed by atoms with Gasteiger partial charge in [0.1, 0.15) is 23.0 Å². The number of hydrogen-bond acceptors (Lipinski definition) is 4. The lowest BCUT2D eigenvalue weighted by molar-refractivity contribution is 0.0626. The summed E-state index contributed by atoms with van der Waals surface area (Å²) in [5, 5.41) is 9.72. The Bertz CT molecular complexity index is 1080. The first-order valence-corrected chi connectivity index (χ1v) is 10.7. The van der Waals surface area contributed by atoms with Crippen LogP contribution in [-0.2, 0) is 6.54 Å². The molecule has 160 valence electrons. The van der Waals surface area contributed by atoms with E-state index in [4.69, 9.17) is 4.42 Å². The van der Waals surface area contributed by atoms with Crippen molar-refractivity contribution in [1.29, 1.82) is 5.26 Å². The van der Waals surface area contributed by atoms with Crippen molar-refractivity contribution in [2.45, 2.75) is 33.2 Å². The molecule has 6 nitrogen and oxygen atoms in total. The fraction of sp³-hybridized carbons (Fsp3) is 0.360. The van der Waals surface area contributed by atoms with Crippen molar-refractivity contribution in [2.24, 2.45) is 0 Å². The van der Waals surface area contributed by atoms with E-state index in [0.29, 0.717) is 41.8 Å². The minimum Gasteiger partial charge on any atom is -0.443 e. The number of benzene rings is 1. The van der Waals surface area contributed by atoms with Crippen LogP contribution in [0.15, 0.2) is 53.2 Å². The van der Waals surface area contributed by atoms with Gasteiger partial charge in [-0.15, -0.1) is 0 Å². The maximum atomic E-state index is 13.2. The van der Waals surface area contributed by atoms with Crippen molar-refractivity contribution < 1.29 is 9.21 Å². The largest absolute Gasteiger partial charge is 0.443 e. The standard InChI is InChI=1S/C25H28N4O2/c1-18(2)21-8-6-20(7-9-21)17-27-12-14-28(15-13-27)24(30)23-19(3)31-25(22(23)16-26)29-10-4-5-11-29/h4-11,18H,12-15,17H2,1-3H3. The number of aryl methyl sites for hydroxylation is 1. The molecule has 1 aliphatic rings. The van der Waals surface area contributed by atoms with Gasteiger partial charge < -0.3 is 9.32 Å². The molecule has 4 rings (SSSR count). The quantitative estimate of drug-likeness (QED) is 0.621. The van der Waals surface area contributed by atoms with E-state index in [1.165, 1.54) is 11.1 Å². The zero-order valence-electron chi connectivity index (χ0n) is 18.3. The molecule has 31 heavy (non-hydrogen) atoms. The second kappa shape index (κ2) is 8.83. The Balaban J connectivity index is 1.42. The minimum atomic E-state index is -0.128. The Hall–Kier alpha value is -3.30. The van der Waals surface area contributed by atoms with Crippen molar-refractivity contribution in [1.82, 2.24) is 14.4 Å². The molecule has 0 bridgehead atoms. The molecule has 2 aromatic heterocycles. The van der Waals surface area contributed by atoms with Crippen LogP contribution < -0.4 is 0 Å². The second-order valence-corrected chi connectivity index (χ2v) is 8.38. The summed E-state index contributed by atoms with van der Waals surface area (Å²) in [6.45, 7) is 9.92. The van der Waals surface area contributed by atoms with Crippen molar-refractivity contribution in [2.75, 3.05) is 26.2 Å². The maximum Gasteiger partial charge on any atom is 0.258 e. The molecule has 0 unspecified atom stereocenters. The highest BCUT2D eigenvalue weighted by atomic mass is 16.4. The molecule has 0 N–H and O–H groups in total. The van der Waals surface area contributed by atoms with E-state index in [1.54, 1.807) is 23.9 Å². The molecule has 0 aliphatic carbocycles. The zero-order valence-corrected chi connectivity index (χ0v) is 18.3. The van der Waals surface area contributed by atoms with E-state index >= 15 is 0 Å². The van der Waals surface area contributed by atoms with E-state index in [-0.39, 0.29) is 5.91 Å². The monoisotopic (exact) mass is 416 g/mol. The number of carbonyl (C=O) groups is 1. The van der Waals surface area contributed by atoms with Crippen molar-refractivity contribution >= 4 is 5.91 Å². The summed E-state index contributed by atoms with van der Waals surface area (Å²) < 4.78 is 7.53. The van der Waals surface area contributed by atoms with Crippen molar-refractivity contribution in [3.05, 3.63) is 76.8 Å². The third kappa shape index (κ3) is 4.28. The molecule has 0 spiro atoms. The lowest BCUT2D eigenvalue weighted by Gasteiger charge is -2.34. The average molecular weight is 417 g/mol. The Morgan fingerprint density at radius 1 is 1.10 bits per heavy atom. The number of aromatic nitrogens is 1. The van der Waals surface area contributed by atoms with Gasteiger partial charge in [-0.2, -0.15) is 5.26 Å². The highest BCUT2D eigenvalue weighted by Crippen LogP contribution is 2.27. The summed E-state index contributed by atoms with van der Waals surface area (Å²) in [4.78, 5) is 17.4. The molecular formula is C25H28N4O2. The van der Waals surface area contributed by atoms with Crippen LogP contribution in [0.4, 0.5) is 0 Å². The molecule has 1 aliphatic heterocycles. The lowest BCUT2D eigenvalue weighted by Crippen LogP contribution is -2.48. The molecule has 3 heterocycles. The Morgan fingerprint density at radius 3 is 2.32 bits per heavy atom. The third-order valence-electron chi connectivity index (χ3n) is 5.94. The smallest absolute Gasteiger partial charge is 0.258 e. The van der Waals surface area contributed by atoms with E-state index in [0.717, 1.165) is 19.6 Å². The fourth-order valence-corrected chi connectivity index (χ4v) is 4.08. The van der Waals surface area contributed by atoms with Gasteiger partial charge in [0.2, 0.25) is 5.88 Å². The van der Waals surface area contributed by atoms with Crippen LogP contribution in [0.5, 0.6) is 0 Å². The van der Waals surface area contributed by atoms with E-state index in [1.807, 2.05) is 17.0 Å². The first-order valence-electron chi connectivity index (χ1n) is 10.7. The minimum absolute atomic E-state index is 0.128. The summed E-state index contributed by atoms with van der Waals surface area (Å²) in [5.41, 5.74) is 3.32. The molecule has 3 aromatic rings. The van der Waals surface area contributed by atoms with Gasteiger partial charge in [0.15, 0.2) is 0 Å². The maximum absolute atomic E-state index is 13.2. The van der Waals surface area contributed by atoms with Crippen LogP contribution >= 0.6 is 0 Å². The molecular weight excluding hydrogens is 388 g/mol. The first kappa shape index (κ1) is 21.0. The highest BCUT2D eigenvalue weighted by Gasteiger charge is 2.30. The SMILES string of the molecule is Cc1oc(-n2cccc2)c(C#N)c1C(=O)N1CCN(Cc2ccc(C(C)C)cc2)CC1. The molecule has 1 amide bonds. The third-order valence-corrected chi connectivity index (χ3v) is 5.94. The molecule has 1 aromatic carbocycles. The summed E-state index contributed by atoms with van der Waals surface area (Å²) >= 11 is 0. The van der Waals surface area contributed by atoms with E-state index in [2.05, 4.69) is 49.1 Å². The molecule has 6 heteroatoms. The summed E-state index contributed by atoms with van der Waals surface area (Å²) in [5.74, 6) is 1.29. The van der Waals surface area contributed by atoms with Crippen LogP contribution in [0.25, 0.3) is 5.88 Å². The Morgan fingerprint density at radius 2 is 1.74 bits per heavy atom. The number of amides is 1. The zero-order chi connectivity index (χ0) is 22.0. The number of nitrogens with zero attached hydrogens (tertiary/aromatic N) is 4. The average Bonchev–Trinajstić information content (AvgIpc) is 3.41. The van der Waals surface area contributed by atoms with Gasteiger partial charge >= 0.3 is 0 Å². The van der Waals surface area contributed by atoms with Crippen LogP contribution in [0, 0.1) is 18.3 Å². The van der Waals surface area contributed by atoms with E-state index in [9.17, 15) is 10.1 Å². The lowest BCUT2D eigenvalue weighted by atomic mass is 10.0. The number of nitriles is 1. The summed E-state index contributed by atoms with van der Waals surface area (Å²) in [7, 11) is 0. The van der Waals surface area contributed by atoms with Gasteiger partial charge in [-0.05, 0) is 36.1 Å². The van der Waals surface area contributed by atoms with Gasteiger partial charge in [-0.25, -0.2) is 0 Å². The van der Waals surface area contributed by atoms with Gasteiger partial charge in [0, 0.05) is 45.1 Å². The van der Waals surface area contributed by atoms with Crippen molar-refractivity contribution in [3.8, 4) is 12.0 Å². The highest BCUT2D eigenvalue weighted by molar-refractivity contribution is 5.98. The molecule has 0 atom stereocenters. The summed E-state index contributed by atoms with van der Waals surface area (Å²) in [6, 6.07) is 14.7. The number of rotatable bonds is 5. The predicted molar refractivity (Wildman–Crippen MR) is 119 cm³/mol. The number of furan rings is 1. The topological polar surface area (TPSA) is 65.4 Å². The van der Waals surface area contributed by atoms with Crippen LogP contribution in [-0.4, -0.2) is 46.5 Å². The fourth-order valence-electron chi connectivity index (χ4n) is 4.08. The van der Waals surface area contributed by atoms with Gasteiger partial charge in [0.25, 0.3) is 5.91 Å². The van der Waals surface area contributed by atoms with E-state index < -0.39 is 0 Å². The van der Waals surface area contributed by atoms with Gasteiger partial charge in [0.05, 0.1) is 0 Å². The van der Waals surface area contributed by atoms with Crippen LogP contribution in [0.3, 0.4) is 0 Å². The summed E-state index contributed by atoms with van der Waals surface area (Å²) in [6.07, 6.45) is 3.61. The Kier molecular flexibility index (Phi) is 5.97. The molecule has 0 saturated carbocycles.